The molecule has 0 spiro atoms. The van der Waals surface area contributed by atoms with Gasteiger partial charge in [0.05, 0.1) is 0 Å². The van der Waals surface area contributed by atoms with Gasteiger partial charge in [-0.25, -0.2) is 0 Å². The summed E-state index contributed by atoms with van der Waals surface area (Å²) in [5.74, 6) is 0. The van der Waals surface area contributed by atoms with Crippen LogP contribution in [0.5, 0.6) is 0 Å². The normalized spacial score (nSPS) is 10.6. The van der Waals surface area contributed by atoms with Crippen LogP contribution in [0, 0.1) is 6.92 Å². The average molecular weight is 268 g/mol. The van der Waals surface area contributed by atoms with Gasteiger partial charge in [0.25, 0.3) is 0 Å². The first-order valence-electron chi connectivity index (χ1n) is 6.34. The maximum Gasteiger partial charge on any atom is 0.0494 e. The second-order valence-electron chi connectivity index (χ2n) is 4.51. The summed E-state index contributed by atoms with van der Waals surface area (Å²) < 4.78 is 2.11. The minimum absolute atomic E-state index is 0.883. The summed E-state index contributed by atoms with van der Waals surface area (Å²) >= 11 is 1.84. The molecule has 19 heavy (non-hydrogen) atoms. The van der Waals surface area contributed by atoms with Crippen LogP contribution >= 0.6 is 11.3 Å². The molecule has 0 aliphatic heterocycles. The molecule has 0 aliphatic carbocycles. The highest BCUT2D eigenvalue weighted by Gasteiger charge is 1.99. The Morgan fingerprint density at radius 1 is 1.05 bits per heavy atom. The molecule has 0 atom stereocenters. The van der Waals surface area contributed by atoms with Crippen molar-refractivity contribution in [2.24, 2.45) is 0 Å². The van der Waals surface area contributed by atoms with E-state index in [0.29, 0.717) is 0 Å². The van der Waals surface area contributed by atoms with Gasteiger partial charge in [-0.3, -0.25) is 0 Å². The van der Waals surface area contributed by atoms with E-state index >= 15 is 0 Å². The second-order valence-corrected chi connectivity index (χ2v) is 5.88. The first-order chi connectivity index (χ1) is 9.31. The second kappa shape index (κ2) is 5.33. The first kappa shape index (κ1) is 12.1. The molecule has 2 aromatic heterocycles. The summed E-state index contributed by atoms with van der Waals surface area (Å²) in [5.41, 5.74) is 2.33. The van der Waals surface area contributed by atoms with E-state index in [2.05, 4.69) is 65.6 Å². The van der Waals surface area contributed by atoms with Crippen molar-refractivity contribution in [3.8, 4) is 5.69 Å². The topological polar surface area (TPSA) is 17.0 Å². The molecule has 3 rings (SSSR count). The van der Waals surface area contributed by atoms with Crippen LogP contribution in [-0.4, -0.2) is 4.57 Å². The number of aromatic nitrogens is 1. The van der Waals surface area contributed by atoms with E-state index in [1.165, 1.54) is 15.4 Å². The van der Waals surface area contributed by atoms with E-state index in [-0.39, 0.29) is 0 Å². The van der Waals surface area contributed by atoms with E-state index < -0.39 is 0 Å². The van der Waals surface area contributed by atoms with Gasteiger partial charge < -0.3 is 9.88 Å². The van der Waals surface area contributed by atoms with Gasteiger partial charge in [-0.2, -0.15) is 0 Å². The number of hydrogen-bond acceptors (Lipinski definition) is 2. The molecular weight excluding hydrogens is 252 g/mol. The van der Waals surface area contributed by atoms with Gasteiger partial charge >= 0.3 is 0 Å². The number of aryl methyl sites for hydroxylation is 1. The van der Waals surface area contributed by atoms with Crippen LogP contribution in [0.4, 0.5) is 5.69 Å². The highest BCUT2D eigenvalue weighted by molar-refractivity contribution is 7.11. The molecule has 1 aromatic carbocycles. The van der Waals surface area contributed by atoms with Crippen molar-refractivity contribution in [1.82, 2.24) is 4.57 Å². The Labute approximate surface area is 117 Å². The zero-order valence-electron chi connectivity index (χ0n) is 10.8. The number of hydrogen-bond donors (Lipinski definition) is 1. The Balaban J connectivity index is 1.73. The number of nitrogens with one attached hydrogen (secondary N) is 1. The van der Waals surface area contributed by atoms with Crippen molar-refractivity contribution < 1.29 is 0 Å². The Morgan fingerprint density at radius 2 is 1.89 bits per heavy atom. The highest BCUT2D eigenvalue weighted by Crippen LogP contribution is 2.19. The predicted octanol–water partition coefficient (Wildman–Crippen LogP) is 4.46. The van der Waals surface area contributed by atoms with Crippen molar-refractivity contribution in [1.29, 1.82) is 0 Å². The largest absolute Gasteiger partial charge is 0.380 e. The van der Waals surface area contributed by atoms with Gasteiger partial charge in [-0.05, 0) is 49.4 Å². The highest BCUT2D eigenvalue weighted by atomic mass is 32.1. The quantitative estimate of drug-likeness (QED) is 0.739. The lowest BCUT2D eigenvalue weighted by atomic mass is 10.2. The lowest BCUT2D eigenvalue weighted by molar-refractivity contribution is 1.08. The summed E-state index contributed by atoms with van der Waals surface area (Å²) in [5, 5.41) is 3.47. The van der Waals surface area contributed by atoms with Crippen LogP contribution in [0.25, 0.3) is 5.69 Å². The maximum absolute atomic E-state index is 3.47. The lowest BCUT2D eigenvalue weighted by Crippen LogP contribution is -1.98. The molecule has 1 N–H and O–H groups in total. The van der Waals surface area contributed by atoms with Gasteiger partial charge in [-0.1, -0.05) is 6.07 Å². The van der Waals surface area contributed by atoms with Crippen LogP contribution in [0.15, 0.2) is 60.9 Å². The number of thiophene rings is 1. The molecule has 2 nitrogen and oxygen atoms in total. The third kappa shape index (κ3) is 2.88. The van der Waals surface area contributed by atoms with E-state index in [0.717, 1.165) is 12.2 Å². The standard InChI is InChI=1S/C16H16N2S/c1-13-7-8-16(19-13)12-17-14-5-4-6-15(11-14)18-9-2-3-10-18/h2-11,17H,12H2,1H3. The fourth-order valence-electron chi connectivity index (χ4n) is 2.05. The number of benzene rings is 1. The van der Waals surface area contributed by atoms with Crippen molar-refractivity contribution in [3.05, 3.63) is 70.7 Å². The first-order valence-corrected chi connectivity index (χ1v) is 7.15. The minimum atomic E-state index is 0.883. The molecule has 0 bridgehead atoms. The fraction of sp³-hybridized carbons (Fsp3) is 0.125. The average Bonchev–Trinajstić information content (AvgIpc) is 3.08. The zero-order valence-corrected chi connectivity index (χ0v) is 11.7. The maximum atomic E-state index is 3.47. The number of rotatable bonds is 4. The summed E-state index contributed by atoms with van der Waals surface area (Å²) in [6.45, 7) is 3.02. The molecule has 0 fully saturated rings. The Morgan fingerprint density at radius 3 is 2.63 bits per heavy atom. The van der Waals surface area contributed by atoms with Crippen molar-refractivity contribution in [2.75, 3.05) is 5.32 Å². The van der Waals surface area contributed by atoms with Crippen molar-refractivity contribution in [2.45, 2.75) is 13.5 Å². The van der Waals surface area contributed by atoms with Gasteiger partial charge in [-0.15, -0.1) is 11.3 Å². The van der Waals surface area contributed by atoms with E-state index in [9.17, 15) is 0 Å². The molecule has 0 saturated carbocycles. The van der Waals surface area contributed by atoms with Crippen LogP contribution in [0.2, 0.25) is 0 Å². The summed E-state index contributed by atoms with van der Waals surface area (Å²) in [6.07, 6.45) is 4.11. The molecule has 3 aromatic rings. The minimum Gasteiger partial charge on any atom is -0.380 e. The third-order valence-electron chi connectivity index (χ3n) is 3.01. The summed E-state index contributed by atoms with van der Waals surface area (Å²) in [4.78, 5) is 2.72. The molecular formula is C16H16N2S. The summed E-state index contributed by atoms with van der Waals surface area (Å²) in [7, 11) is 0. The Hall–Kier alpha value is -2.00. The molecule has 0 aliphatic rings. The van der Waals surface area contributed by atoms with E-state index in [4.69, 9.17) is 0 Å². The van der Waals surface area contributed by atoms with Crippen LogP contribution in [0.3, 0.4) is 0 Å². The zero-order chi connectivity index (χ0) is 13.1. The SMILES string of the molecule is Cc1ccc(CNc2cccc(-n3cccc3)c2)s1. The number of anilines is 1. The fourth-order valence-corrected chi connectivity index (χ4v) is 2.88. The van der Waals surface area contributed by atoms with Gasteiger partial charge in [0.15, 0.2) is 0 Å². The van der Waals surface area contributed by atoms with Crippen molar-refractivity contribution >= 4 is 17.0 Å². The lowest BCUT2D eigenvalue weighted by Gasteiger charge is -2.08. The van der Waals surface area contributed by atoms with E-state index in [1.54, 1.807) is 0 Å². The van der Waals surface area contributed by atoms with Crippen molar-refractivity contribution in [3.63, 3.8) is 0 Å². The van der Waals surface area contributed by atoms with E-state index in [1.807, 2.05) is 23.5 Å². The van der Waals surface area contributed by atoms with Crippen LogP contribution < -0.4 is 5.32 Å². The smallest absolute Gasteiger partial charge is 0.0494 e. The molecule has 2 heterocycles. The molecule has 0 amide bonds. The Bertz CT molecular complexity index is 653. The molecule has 0 saturated heterocycles. The summed E-state index contributed by atoms with van der Waals surface area (Å²) in [6, 6.07) is 16.9. The Kier molecular flexibility index (Phi) is 3.38. The van der Waals surface area contributed by atoms with Gasteiger partial charge in [0.1, 0.15) is 0 Å². The van der Waals surface area contributed by atoms with Gasteiger partial charge in [0, 0.05) is 40.1 Å². The van der Waals surface area contributed by atoms with Crippen LogP contribution in [-0.2, 0) is 6.54 Å². The molecule has 0 radical (unpaired) electrons. The van der Waals surface area contributed by atoms with Crippen LogP contribution in [0.1, 0.15) is 9.75 Å². The van der Waals surface area contributed by atoms with Gasteiger partial charge in [0.2, 0.25) is 0 Å². The predicted molar refractivity (Wildman–Crippen MR) is 82.2 cm³/mol. The number of nitrogens with zero attached hydrogens (tertiary/aromatic N) is 1. The third-order valence-corrected chi connectivity index (χ3v) is 4.01. The molecule has 0 unspecified atom stereocenters. The monoisotopic (exact) mass is 268 g/mol. The molecule has 96 valence electrons. The molecule has 3 heteroatoms.